The third-order valence-electron chi connectivity index (χ3n) is 9.98. The van der Waals surface area contributed by atoms with Crippen molar-refractivity contribution >= 4 is 75.4 Å². The molecule has 0 aromatic heterocycles. The molecule has 0 atom stereocenters. The maximum atomic E-state index is 2.43. The van der Waals surface area contributed by atoms with Crippen LogP contribution in [0.4, 0.5) is 0 Å². The van der Waals surface area contributed by atoms with E-state index in [0.717, 1.165) is 0 Å². The molecular formula is C46H28. The van der Waals surface area contributed by atoms with Gasteiger partial charge >= 0.3 is 0 Å². The fourth-order valence-corrected chi connectivity index (χ4v) is 7.98. The molecule has 0 N–H and O–H groups in total. The van der Waals surface area contributed by atoms with E-state index >= 15 is 0 Å². The van der Waals surface area contributed by atoms with Crippen LogP contribution in [0.1, 0.15) is 0 Å². The van der Waals surface area contributed by atoms with Gasteiger partial charge in [0.15, 0.2) is 0 Å². The van der Waals surface area contributed by atoms with Crippen LogP contribution in [0, 0.1) is 0 Å². The summed E-state index contributed by atoms with van der Waals surface area (Å²) in [5.74, 6) is 0. The highest BCUT2D eigenvalue weighted by molar-refractivity contribution is 6.28. The van der Waals surface area contributed by atoms with E-state index < -0.39 is 0 Å². The van der Waals surface area contributed by atoms with Crippen molar-refractivity contribution in [2.24, 2.45) is 0 Å². The van der Waals surface area contributed by atoms with Crippen LogP contribution in [-0.4, -0.2) is 0 Å². The van der Waals surface area contributed by atoms with Crippen LogP contribution < -0.4 is 0 Å². The molecule has 0 heteroatoms. The molecule has 0 aliphatic rings. The van der Waals surface area contributed by atoms with Crippen molar-refractivity contribution in [2.45, 2.75) is 0 Å². The highest BCUT2D eigenvalue weighted by Gasteiger charge is 2.19. The minimum Gasteiger partial charge on any atom is -0.0616 e. The summed E-state index contributed by atoms with van der Waals surface area (Å²) in [6.07, 6.45) is 0. The van der Waals surface area contributed by atoms with Crippen molar-refractivity contribution in [1.29, 1.82) is 0 Å². The molecule has 212 valence electrons. The normalized spacial score (nSPS) is 11.9. The maximum absolute atomic E-state index is 2.43. The second-order valence-electron chi connectivity index (χ2n) is 12.4. The Balaban J connectivity index is 1.32. The summed E-state index contributed by atoms with van der Waals surface area (Å²) in [6, 6.07) is 62.9. The standard InChI is InChI=1S/C46H28/c1-3-13-34-29(11-1)21-23-31-27-32(25-26-35(31)34)45-39-17-7-9-19-41(39)46(42-20-10-8-18-40(42)45)43-28-33-24-22-30-12-2-4-14-36(30)44(33)38-16-6-5-15-37(38)43/h1-28H. The van der Waals surface area contributed by atoms with Crippen LogP contribution in [-0.2, 0) is 0 Å². The predicted molar refractivity (Wildman–Crippen MR) is 200 cm³/mol. The summed E-state index contributed by atoms with van der Waals surface area (Å²) in [7, 11) is 0. The fourth-order valence-electron chi connectivity index (χ4n) is 7.98. The Hall–Kier alpha value is -5.98. The van der Waals surface area contributed by atoms with E-state index in [2.05, 4.69) is 170 Å². The first-order chi connectivity index (χ1) is 22.8. The Kier molecular flexibility index (Phi) is 5.38. The first-order valence-electron chi connectivity index (χ1n) is 16.0. The minimum atomic E-state index is 1.25. The van der Waals surface area contributed by atoms with Crippen LogP contribution in [0.25, 0.3) is 97.7 Å². The SMILES string of the molecule is c1ccc2c(c1)ccc1cc(-c3c4ccccc4c(-c4cc5ccc6ccccc6c5c5ccccc45)c4ccccc34)ccc12. The molecule has 0 radical (unpaired) electrons. The molecule has 10 aromatic rings. The van der Waals surface area contributed by atoms with Crippen LogP contribution in [0.5, 0.6) is 0 Å². The molecule has 0 saturated carbocycles. The molecule has 0 unspecified atom stereocenters. The molecule has 0 nitrogen and oxygen atoms in total. The second kappa shape index (κ2) is 9.76. The number of fused-ring (bicyclic) bond motifs is 10. The lowest BCUT2D eigenvalue weighted by Gasteiger charge is -2.20. The van der Waals surface area contributed by atoms with Gasteiger partial charge in [0.25, 0.3) is 0 Å². The van der Waals surface area contributed by atoms with E-state index in [4.69, 9.17) is 0 Å². The zero-order valence-electron chi connectivity index (χ0n) is 25.2. The van der Waals surface area contributed by atoms with Gasteiger partial charge in [-0.05, 0) is 110 Å². The summed E-state index contributed by atoms with van der Waals surface area (Å²) >= 11 is 0. The monoisotopic (exact) mass is 580 g/mol. The summed E-state index contributed by atoms with van der Waals surface area (Å²) in [4.78, 5) is 0. The Labute approximate surface area is 266 Å². The largest absolute Gasteiger partial charge is 0.0616 e. The van der Waals surface area contributed by atoms with E-state index in [0.29, 0.717) is 0 Å². The Bertz CT molecular complexity index is 2800. The van der Waals surface area contributed by atoms with Gasteiger partial charge in [0, 0.05) is 0 Å². The second-order valence-corrected chi connectivity index (χ2v) is 12.4. The van der Waals surface area contributed by atoms with E-state index in [9.17, 15) is 0 Å². The predicted octanol–water partition coefficient (Wildman–Crippen LogP) is 13.1. The van der Waals surface area contributed by atoms with Gasteiger partial charge in [0.1, 0.15) is 0 Å². The van der Waals surface area contributed by atoms with E-state index in [1.54, 1.807) is 0 Å². The van der Waals surface area contributed by atoms with Gasteiger partial charge in [-0.2, -0.15) is 0 Å². The molecule has 10 rings (SSSR count). The van der Waals surface area contributed by atoms with Crippen molar-refractivity contribution in [3.63, 3.8) is 0 Å². The molecule has 0 fully saturated rings. The van der Waals surface area contributed by atoms with Gasteiger partial charge in [-0.1, -0.05) is 158 Å². The van der Waals surface area contributed by atoms with Gasteiger partial charge in [0.05, 0.1) is 0 Å². The van der Waals surface area contributed by atoms with Crippen LogP contribution >= 0.6 is 0 Å². The molecule has 0 spiro atoms. The Morgan fingerprint density at radius 3 is 1.37 bits per heavy atom. The van der Waals surface area contributed by atoms with Crippen molar-refractivity contribution in [2.75, 3.05) is 0 Å². The van der Waals surface area contributed by atoms with Crippen LogP contribution in [0.2, 0.25) is 0 Å². The lowest BCUT2D eigenvalue weighted by atomic mass is 9.83. The van der Waals surface area contributed by atoms with E-state index in [-0.39, 0.29) is 0 Å². The van der Waals surface area contributed by atoms with Crippen LogP contribution in [0.15, 0.2) is 170 Å². The zero-order valence-corrected chi connectivity index (χ0v) is 25.2. The summed E-state index contributed by atoms with van der Waals surface area (Å²) < 4.78 is 0. The molecular weight excluding hydrogens is 553 g/mol. The van der Waals surface area contributed by atoms with Gasteiger partial charge in [-0.25, -0.2) is 0 Å². The number of rotatable bonds is 2. The average Bonchev–Trinajstić information content (AvgIpc) is 3.13. The lowest BCUT2D eigenvalue weighted by molar-refractivity contribution is 1.69. The Morgan fingerprint density at radius 1 is 0.239 bits per heavy atom. The summed E-state index contributed by atoms with van der Waals surface area (Å²) in [6.45, 7) is 0. The number of hydrogen-bond donors (Lipinski definition) is 0. The highest BCUT2D eigenvalue weighted by Crippen LogP contribution is 2.47. The van der Waals surface area contributed by atoms with Gasteiger partial charge in [0.2, 0.25) is 0 Å². The molecule has 0 bridgehead atoms. The minimum absolute atomic E-state index is 1.25. The fraction of sp³-hybridized carbons (Fsp3) is 0. The van der Waals surface area contributed by atoms with Crippen molar-refractivity contribution < 1.29 is 0 Å². The number of benzene rings is 10. The number of hydrogen-bond acceptors (Lipinski definition) is 0. The highest BCUT2D eigenvalue weighted by atomic mass is 14.2. The Morgan fingerprint density at radius 2 is 0.696 bits per heavy atom. The first-order valence-corrected chi connectivity index (χ1v) is 16.0. The van der Waals surface area contributed by atoms with Crippen molar-refractivity contribution in [1.82, 2.24) is 0 Å². The summed E-state index contributed by atoms with van der Waals surface area (Å²) in [5.41, 5.74) is 5.12. The van der Waals surface area contributed by atoms with Gasteiger partial charge in [-0.3, -0.25) is 0 Å². The van der Waals surface area contributed by atoms with Crippen molar-refractivity contribution in [3.8, 4) is 22.3 Å². The van der Waals surface area contributed by atoms with E-state index in [1.807, 2.05) is 0 Å². The molecule has 0 heterocycles. The molecule has 0 aliphatic carbocycles. The first kappa shape index (κ1) is 25.4. The average molecular weight is 581 g/mol. The summed E-state index contributed by atoms with van der Waals surface area (Å²) in [5, 5.41) is 18.0. The van der Waals surface area contributed by atoms with Crippen molar-refractivity contribution in [3.05, 3.63) is 170 Å². The molecule has 10 aromatic carbocycles. The smallest absolute Gasteiger partial charge is 0.00199 e. The van der Waals surface area contributed by atoms with Crippen LogP contribution in [0.3, 0.4) is 0 Å². The molecule has 0 aliphatic heterocycles. The maximum Gasteiger partial charge on any atom is -0.00199 e. The third kappa shape index (κ3) is 3.62. The molecule has 0 saturated heterocycles. The molecule has 46 heavy (non-hydrogen) atoms. The van der Waals surface area contributed by atoms with E-state index in [1.165, 1.54) is 97.7 Å². The van der Waals surface area contributed by atoms with Gasteiger partial charge < -0.3 is 0 Å². The van der Waals surface area contributed by atoms with Gasteiger partial charge in [-0.15, -0.1) is 0 Å². The zero-order chi connectivity index (χ0) is 30.2. The third-order valence-corrected chi connectivity index (χ3v) is 9.98. The lowest BCUT2D eigenvalue weighted by Crippen LogP contribution is -1.92. The molecule has 0 amide bonds. The quantitative estimate of drug-likeness (QED) is 0.141. The topological polar surface area (TPSA) is 0 Å².